The van der Waals surface area contributed by atoms with Crippen molar-refractivity contribution in [3.05, 3.63) is 17.5 Å². The molecule has 21 heavy (non-hydrogen) atoms. The molecule has 5 heteroatoms. The smallest absolute Gasteiger partial charge is 0.257 e. The number of aryl methyl sites for hydroxylation is 1. The van der Waals surface area contributed by atoms with Crippen molar-refractivity contribution in [1.82, 2.24) is 15.1 Å². The molecule has 1 aromatic rings. The van der Waals surface area contributed by atoms with E-state index in [1.165, 1.54) is 0 Å². The third-order valence-corrected chi connectivity index (χ3v) is 5.33. The molecule has 3 rings (SSSR count). The van der Waals surface area contributed by atoms with Crippen LogP contribution < -0.4 is 0 Å². The Morgan fingerprint density at radius 2 is 2.24 bits per heavy atom. The highest BCUT2D eigenvalue weighted by molar-refractivity contribution is 5.95. The Hall–Kier alpha value is -1.36. The van der Waals surface area contributed by atoms with Gasteiger partial charge in [-0.25, -0.2) is 0 Å². The highest BCUT2D eigenvalue weighted by Crippen LogP contribution is 2.41. The van der Waals surface area contributed by atoms with Gasteiger partial charge in [0.25, 0.3) is 5.91 Å². The number of amides is 1. The summed E-state index contributed by atoms with van der Waals surface area (Å²) in [5.74, 6) is 0.259. The predicted octanol–water partition coefficient (Wildman–Crippen LogP) is 2.26. The minimum Gasteiger partial charge on any atom is -0.390 e. The van der Waals surface area contributed by atoms with Crippen molar-refractivity contribution in [1.29, 1.82) is 0 Å². The Kier molecular flexibility index (Phi) is 3.78. The summed E-state index contributed by atoms with van der Waals surface area (Å²) in [6.07, 6.45) is 7.76. The van der Waals surface area contributed by atoms with Crippen LogP contribution in [0.1, 0.15) is 61.5 Å². The monoisotopic (exact) mass is 291 g/mol. The van der Waals surface area contributed by atoms with Crippen molar-refractivity contribution >= 4 is 5.91 Å². The van der Waals surface area contributed by atoms with E-state index in [0.29, 0.717) is 5.56 Å². The van der Waals surface area contributed by atoms with E-state index < -0.39 is 5.60 Å². The van der Waals surface area contributed by atoms with Gasteiger partial charge in [0.1, 0.15) is 0 Å². The Labute approximate surface area is 125 Å². The molecule has 2 aliphatic rings. The molecule has 0 bridgehead atoms. The molecule has 5 nitrogen and oxygen atoms in total. The number of aliphatic hydroxyl groups is 1. The first-order valence-corrected chi connectivity index (χ1v) is 8.04. The summed E-state index contributed by atoms with van der Waals surface area (Å²) in [7, 11) is 0. The standard InChI is InChI=1S/C16H25N3O2/c1-11-12(10-17-18-11)15(20)19-9-5-7-14(19)13-6-3-4-8-16(13,2)21/h10,13-14,21H,3-9H2,1-2H3,(H,17,18). The molecule has 0 spiro atoms. The molecule has 0 radical (unpaired) electrons. The molecule has 1 aliphatic carbocycles. The normalized spacial score (nSPS) is 33.4. The number of hydrogen-bond acceptors (Lipinski definition) is 3. The van der Waals surface area contributed by atoms with E-state index in [1.807, 2.05) is 18.7 Å². The molecule has 1 saturated heterocycles. The van der Waals surface area contributed by atoms with Crippen LogP contribution in [0.5, 0.6) is 0 Å². The van der Waals surface area contributed by atoms with E-state index in [-0.39, 0.29) is 17.9 Å². The van der Waals surface area contributed by atoms with Gasteiger partial charge in [0.15, 0.2) is 0 Å². The number of nitrogens with one attached hydrogen (secondary N) is 1. The van der Waals surface area contributed by atoms with Gasteiger partial charge in [-0.3, -0.25) is 9.89 Å². The first-order valence-electron chi connectivity index (χ1n) is 8.04. The number of hydrogen-bond donors (Lipinski definition) is 2. The molecule has 116 valence electrons. The van der Waals surface area contributed by atoms with Gasteiger partial charge in [0.2, 0.25) is 0 Å². The van der Waals surface area contributed by atoms with Crippen LogP contribution in [0.15, 0.2) is 6.20 Å². The van der Waals surface area contributed by atoms with Crippen LogP contribution in [0.3, 0.4) is 0 Å². The largest absolute Gasteiger partial charge is 0.390 e. The second kappa shape index (κ2) is 5.44. The molecular weight excluding hydrogens is 266 g/mol. The van der Waals surface area contributed by atoms with E-state index >= 15 is 0 Å². The summed E-state index contributed by atoms with van der Waals surface area (Å²) in [6, 6.07) is 0.169. The van der Waals surface area contributed by atoms with E-state index in [0.717, 1.165) is 50.8 Å². The summed E-state index contributed by atoms with van der Waals surface area (Å²) in [6.45, 7) is 4.61. The number of rotatable bonds is 2. The van der Waals surface area contributed by atoms with E-state index in [9.17, 15) is 9.90 Å². The molecule has 0 aromatic carbocycles. The van der Waals surface area contributed by atoms with Gasteiger partial charge < -0.3 is 10.0 Å². The molecule has 2 fully saturated rings. The van der Waals surface area contributed by atoms with Crippen LogP contribution in [-0.4, -0.2) is 44.3 Å². The fourth-order valence-corrected chi connectivity index (χ4v) is 4.13. The molecule has 1 saturated carbocycles. The maximum absolute atomic E-state index is 12.8. The number of nitrogens with zero attached hydrogens (tertiary/aromatic N) is 2. The number of aromatic amines is 1. The minimum atomic E-state index is -0.642. The van der Waals surface area contributed by atoms with E-state index in [1.54, 1.807) is 6.20 Å². The van der Waals surface area contributed by atoms with Crippen LogP contribution >= 0.6 is 0 Å². The zero-order chi connectivity index (χ0) is 15.0. The van der Waals surface area contributed by atoms with Crippen molar-refractivity contribution < 1.29 is 9.90 Å². The van der Waals surface area contributed by atoms with Crippen LogP contribution in [0.4, 0.5) is 0 Å². The zero-order valence-electron chi connectivity index (χ0n) is 12.9. The number of aromatic nitrogens is 2. The van der Waals surface area contributed by atoms with Crippen molar-refractivity contribution in [3.63, 3.8) is 0 Å². The summed E-state index contributed by atoms with van der Waals surface area (Å²) >= 11 is 0. The summed E-state index contributed by atoms with van der Waals surface area (Å²) < 4.78 is 0. The van der Waals surface area contributed by atoms with Crippen LogP contribution in [0.2, 0.25) is 0 Å². The summed E-state index contributed by atoms with van der Waals surface area (Å²) in [5, 5.41) is 17.5. The maximum Gasteiger partial charge on any atom is 0.257 e. The maximum atomic E-state index is 12.8. The highest BCUT2D eigenvalue weighted by atomic mass is 16.3. The molecule has 1 amide bonds. The van der Waals surface area contributed by atoms with Gasteiger partial charge in [-0.15, -0.1) is 0 Å². The number of likely N-dealkylation sites (tertiary alicyclic amines) is 1. The van der Waals surface area contributed by atoms with Crippen molar-refractivity contribution in [2.24, 2.45) is 5.92 Å². The van der Waals surface area contributed by atoms with Crippen LogP contribution in [0, 0.1) is 12.8 Å². The minimum absolute atomic E-state index is 0.0603. The zero-order valence-corrected chi connectivity index (χ0v) is 12.9. The van der Waals surface area contributed by atoms with Crippen LogP contribution in [0.25, 0.3) is 0 Å². The first kappa shape index (κ1) is 14.6. The third kappa shape index (κ3) is 2.59. The number of carbonyl (C=O) groups is 1. The summed E-state index contributed by atoms with van der Waals surface area (Å²) in [5.41, 5.74) is 0.843. The van der Waals surface area contributed by atoms with Crippen LogP contribution in [-0.2, 0) is 0 Å². The van der Waals surface area contributed by atoms with Crippen molar-refractivity contribution in [3.8, 4) is 0 Å². The quantitative estimate of drug-likeness (QED) is 0.878. The Bertz CT molecular complexity index is 523. The van der Waals surface area contributed by atoms with Gasteiger partial charge in [-0.05, 0) is 39.5 Å². The fourth-order valence-electron chi connectivity index (χ4n) is 4.13. The van der Waals surface area contributed by atoms with Crippen molar-refractivity contribution in [2.45, 2.75) is 64.0 Å². The van der Waals surface area contributed by atoms with Gasteiger partial charge in [0.05, 0.1) is 17.4 Å². The topological polar surface area (TPSA) is 69.2 Å². The number of H-pyrrole nitrogens is 1. The SMILES string of the molecule is Cc1[nH]ncc1C(=O)N1CCCC1C1CCCCC1(C)O. The van der Waals surface area contributed by atoms with Gasteiger partial charge in [0, 0.05) is 24.2 Å². The lowest BCUT2D eigenvalue weighted by Gasteiger charge is -2.43. The molecule has 3 unspecified atom stereocenters. The first-order chi connectivity index (χ1) is 10.0. The second-order valence-corrected chi connectivity index (χ2v) is 6.83. The predicted molar refractivity (Wildman–Crippen MR) is 80.0 cm³/mol. The van der Waals surface area contributed by atoms with E-state index in [2.05, 4.69) is 10.2 Å². The summed E-state index contributed by atoms with van der Waals surface area (Å²) in [4.78, 5) is 14.8. The molecular formula is C16H25N3O2. The van der Waals surface area contributed by atoms with Gasteiger partial charge >= 0.3 is 0 Å². The average molecular weight is 291 g/mol. The second-order valence-electron chi connectivity index (χ2n) is 6.83. The molecule has 1 aromatic heterocycles. The Morgan fingerprint density at radius 3 is 2.90 bits per heavy atom. The Balaban J connectivity index is 1.82. The van der Waals surface area contributed by atoms with Gasteiger partial charge in [-0.1, -0.05) is 12.8 Å². The molecule has 2 N–H and O–H groups in total. The molecule has 2 heterocycles. The highest BCUT2D eigenvalue weighted by Gasteiger charge is 2.44. The molecule has 3 atom stereocenters. The van der Waals surface area contributed by atoms with Gasteiger partial charge in [-0.2, -0.15) is 5.10 Å². The lowest BCUT2D eigenvalue weighted by Crippen LogP contribution is -2.50. The van der Waals surface area contributed by atoms with Crippen molar-refractivity contribution in [2.75, 3.05) is 6.54 Å². The average Bonchev–Trinajstić information content (AvgIpc) is 3.06. The third-order valence-electron chi connectivity index (χ3n) is 5.33. The lowest BCUT2D eigenvalue weighted by atomic mass is 9.72. The number of carbonyl (C=O) groups excluding carboxylic acids is 1. The Morgan fingerprint density at radius 1 is 1.43 bits per heavy atom. The lowest BCUT2D eigenvalue weighted by molar-refractivity contribution is -0.0577. The van der Waals surface area contributed by atoms with E-state index in [4.69, 9.17) is 0 Å². The fraction of sp³-hybridized carbons (Fsp3) is 0.750. The molecule has 1 aliphatic heterocycles.